The van der Waals surface area contributed by atoms with Crippen molar-refractivity contribution in [1.82, 2.24) is 4.98 Å². The summed E-state index contributed by atoms with van der Waals surface area (Å²) in [6, 6.07) is 13.7. The van der Waals surface area contributed by atoms with Gasteiger partial charge in [0.05, 0.1) is 0 Å². The molecular formula is C21H22N2O2. The van der Waals surface area contributed by atoms with E-state index in [4.69, 9.17) is 4.74 Å². The summed E-state index contributed by atoms with van der Waals surface area (Å²) in [5.74, 6) is 0.532. The molecule has 25 heavy (non-hydrogen) atoms. The standard InChI is InChI=1S/C21H22N2O2/c1-4-17-14(2)12-19-18(15(17)3)10-11-22-20(19)23-21(24)25-13-16-8-6-5-7-9-16/h5-12H,4,13H2,1-3H3,(H,22,23,24). The molecule has 0 saturated carbocycles. The van der Waals surface area contributed by atoms with Crippen molar-refractivity contribution in [3.05, 3.63) is 70.9 Å². The highest BCUT2D eigenvalue weighted by atomic mass is 16.5. The average Bonchev–Trinajstić information content (AvgIpc) is 2.62. The lowest BCUT2D eigenvalue weighted by Crippen LogP contribution is -2.15. The molecule has 0 saturated heterocycles. The molecule has 128 valence electrons. The van der Waals surface area contributed by atoms with E-state index in [0.717, 1.165) is 22.8 Å². The maximum atomic E-state index is 12.1. The zero-order valence-corrected chi connectivity index (χ0v) is 14.8. The van der Waals surface area contributed by atoms with E-state index < -0.39 is 6.09 Å². The van der Waals surface area contributed by atoms with Gasteiger partial charge >= 0.3 is 6.09 Å². The second-order valence-corrected chi connectivity index (χ2v) is 6.09. The minimum atomic E-state index is -0.501. The van der Waals surface area contributed by atoms with Crippen LogP contribution in [0.4, 0.5) is 10.6 Å². The summed E-state index contributed by atoms with van der Waals surface area (Å²) in [4.78, 5) is 16.5. The summed E-state index contributed by atoms with van der Waals surface area (Å²) in [5.41, 5.74) is 4.74. The lowest BCUT2D eigenvalue weighted by Gasteiger charge is -2.14. The van der Waals surface area contributed by atoms with Crippen molar-refractivity contribution in [3.63, 3.8) is 0 Å². The highest BCUT2D eigenvalue weighted by Gasteiger charge is 2.12. The van der Waals surface area contributed by atoms with E-state index >= 15 is 0 Å². The van der Waals surface area contributed by atoms with E-state index in [2.05, 4.69) is 37.1 Å². The van der Waals surface area contributed by atoms with E-state index in [9.17, 15) is 4.79 Å². The van der Waals surface area contributed by atoms with Crippen LogP contribution in [0.5, 0.6) is 0 Å². The van der Waals surface area contributed by atoms with Crippen molar-refractivity contribution < 1.29 is 9.53 Å². The van der Waals surface area contributed by atoms with Crippen molar-refractivity contribution in [2.45, 2.75) is 33.8 Å². The van der Waals surface area contributed by atoms with Crippen LogP contribution in [0.1, 0.15) is 29.2 Å². The minimum absolute atomic E-state index is 0.232. The second-order valence-electron chi connectivity index (χ2n) is 6.09. The van der Waals surface area contributed by atoms with Crippen molar-refractivity contribution in [1.29, 1.82) is 0 Å². The van der Waals surface area contributed by atoms with Gasteiger partial charge in [-0.05, 0) is 60.0 Å². The number of hydrogen-bond donors (Lipinski definition) is 1. The third-order valence-corrected chi connectivity index (χ3v) is 4.47. The molecule has 2 aromatic carbocycles. The van der Waals surface area contributed by atoms with E-state index in [1.165, 1.54) is 16.7 Å². The molecule has 3 aromatic rings. The van der Waals surface area contributed by atoms with E-state index in [1.54, 1.807) is 6.20 Å². The van der Waals surface area contributed by atoms with Gasteiger partial charge in [-0.2, -0.15) is 0 Å². The molecule has 0 unspecified atom stereocenters. The molecule has 0 bridgehead atoms. The number of nitrogens with one attached hydrogen (secondary N) is 1. The Morgan fingerprint density at radius 3 is 2.60 bits per heavy atom. The molecule has 0 atom stereocenters. The average molecular weight is 334 g/mol. The van der Waals surface area contributed by atoms with Crippen LogP contribution in [0.25, 0.3) is 10.8 Å². The number of carbonyl (C=O) groups excluding carboxylic acids is 1. The van der Waals surface area contributed by atoms with Crippen LogP contribution < -0.4 is 5.32 Å². The largest absolute Gasteiger partial charge is 0.444 e. The molecule has 0 aliphatic rings. The molecule has 0 spiro atoms. The number of fused-ring (bicyclic) bond motifs is 1. The Balaban J connectivity index is 1.83. The zero-order valence-electron chi connectivity index (χ0n) is 14.8. The fraction of sp³-hybridized carbons (Fsp3) is 0.238. The molecule has 1 heterocycles. The summed E-state index contributed by atoms with van der Waals surface area (Å²) in [5, 5.41) is 4.82. The fourth-order valence-corrected chi connectivity index (χ4v) is 3.21. The predicted octanol–water partition coefficient (Wildman–Crippen LogP) is 5.16. The van der Waals surface area contributed by atoms with Crippen LogP contribution in [-0.4, -0.2) is 11.1 Å². The Bertz CT molecular complexity index is 905. The van der Waals surface area contributed by atoms with Gasteiger partial charge in [0.15, 0.2) is 0 Å². The number of nitrogens with zero attached hydrogens (tertiary/aromatic N) is 1. The lowest BCUT2D eigenvalue weighted by atomic mass is 9.95. The molecule has 0 radical (unpaired) electrons. The fourth-order valence-electron chi connectivity index (χ4n) is 3.21. The van der Waals surface area contributed by atoms with Crippen LogP contribution in [0, 0.1) is 13.8 Å². The quantitative estimate of drug-likeness (QED) is 0.717. The first-order valence-corrected chi connectivity index (χ1v) is 8.45. The van der Waals surface area contributed by atoms with Gasteiger partial charge in [0.1, 0.15) is 12.4 Å². The number of carbonyl (C=O) groups is 1. The first-order valence-electron chi connectivity index (χ1n) is 8.45. The van der Waals surface area contributed by atoms with Crippen LogP contribution in [-0.2, 0) is 17.8 Å². The summed E-state index contributed by atoms with van der Waals surface area (Å²) >= 11 is 0. The van der Waals surface area contributed by atoms with Crippen LogP contribution in [0.15, 0.2) is 48.7 Å². The van der Waals surface area contributed by atoms with Crippen LogP contribution >= 0.6 is 0 Å². The smallest absolute Gasteiger partial charge is 0.413 e. The number of rotatable bonds is 4. The molecule has 4 nitrogen and oxygen atoms in total. The maximum absolute atomic E-state index is 12.1. The third kappa shape index (κ3) is 3.63. The Hall–Kier alpha value is -2.88. The van der Waals surface area contributed by atoms with Crippen molar-refractivity contribution in [2.75, 3.05) is 5.32 Å². The minimum Gasteiger partial charge on any atom is -0.444 e. The summed E-state index contributed by atoms with van der Waals surface area (Å²) in [6.07, 6.45) is 2.20. The van der Waals surface area contributed by atoms with Gasteiger partial charge in [-0.15, -0.1) is 0 Å². The first-order chi connectivity index (χ1) is 12.1. The van der Waals surface area contributed by atoms with E-state index in [0.29, 0.717) is 5.82 Å². The highest BCUT2D eigenvalue weighted by molar-refractivity contribution is 6.00. The predicted molar refractivity (Wildman–Crippen MR) is 101 cm³/mol. The van der Waals surface area contributed by atoms with Crippen LogP contribution in [0.2, 0.25) is 0 Å². The molecule has 0 aliphatic carbocycles. The molecule has 1 N–H and O–H groups in total. The normalized spacial score (nSPS) is 10.7. The van der Waals surface area contributed by atoms with Gasteiger partial charge in [0, 0.05) is 11.6 Å². The highest BCUT2D eigenvalue weighted by Crippen LogP contribution is 2.29. The first kappa shape index (κ1) is 17.0. The van der Waals surface area contributed by atoms with Gasteiger partial charge in [-0.1, -0.05) is 37.3 Å². The Kier molecular flexibility index (Phi) is 4.98. The van der Waals surface area contributed by atoms with Gasteiger partial charge in [-0.3, -0.25) is 5.32 Å². The number of aromatic nitrogens is 1. The number of pyridine rings is 1. The number of anilines is 1. The lowest BCUT2D eigenvalue weighted by molar-refractivity contribution is 0.155. The van der Waals surface area contributed by atoms with Gasteiger partial charge in [0.2, 0.25) is 0 Å². The van der Waals surface area contributed by atoms with Crippen molar-refractivity contribution >= 4 is 22.7 Å². The number of aryl methyl sites for hydroxylation is 2. The monoisotopic (exact) mass is 334 g/mol. The molecule has 3 rings (SSSR count). The van der Waals surface area contributed by atoms with E-state index in [-0.39, 0.29) is 6.61 Å². The topological polar surface area (TPSA) is 51.2 Å². The zero-order chi connectivity index (χ0) is 17.8. The van der Waals surface area contributed by atoms with Crippen molar-refractivity contribution in [3.8, 4) is 0 Å². The molecular weight excluding hydrogens is 312 g/mol. The number of ether oxygens (including phenoxy) is 1. The SMILES string of the molecule is CCc1c(C)cc2c(NC(=O)OCc3ccccc3)nccc2c1C. The third-order valence-electron chi connectivity index (χ3n) is 4.47. The Morgan fingerprint density at radius 1 is 1.12 bits per heavy atom. The molecule has 1 aromatic heterocycles. The van der Waals surface area contributed by atoms with E-state index in [1.807, 2.05) is 36.4 Å². The van der Waals surface area contributed by atoms with Crippen LogP contribution in [0.3, 0.4) is 0 Å². The molecule has 0 aliphatic heterocycles. The number of hydrogen-bond acceptors (Lipinski definition) is 3. The second kappa shape index (κ2) is 7.34. The number of amides is 1. The number of benzene rings is 2. The summed E-state index contributed by atoms with van der Waals surface area (Å²) in [7, 11) is 0. The molecule has 4 heteroatoms. The Labute approximate surface area is 147 Å². The van der Waals surface area contributed by atoms with Gasteiger partial charge in [-0.25, -0.2) is 9.78 Å². The molecule has 0 fully saturated rings. The molecule has 1 amide bonds. The maximum Gasteiger partial charge on any atom is 0.413 e. The summed E-state index contributed by atoms with van der Waals surface area (Å²) in [6.45, 7) is 6.60. The van der Waals surface area contributed by atoms with Gasteiger partial charge < -0.3 is 4.74 Å². The van der Waals surface area contributed by atoms with Gasteiger partial charge in [0.25, 0.3) is 0 Å². The summed E-state index contributed by atoms with van der Waals surface area (Å²) < 4.78 is 5.30. The Morgan fingerprint density at radius 2 is 1.88 bits per heavy atom. The van der Waals surface area contributed by atoms with Crippen molar-refractivity contribution in [2.24, 2.45) is 0 Å².